The lowest BCUT2D eigenvalue weighted by Gasteiger charge is -2.30. The average molecular weight is 424 g/mol. The Kier molecular flexibility index (Phi) is 8.40. The van der Waals surface area contributed by atoms with Crippen LogP contribution in [-0.4, -0.2) is 77.5 Å². The number of morpholine rings is 1. The highest BCUT2D eigenvalue weighted by atomic mass is 16.5. The Balaban J connectivity index is 1.87. The minimum absolute atomic E-state index is 0.0909. The van der Waals surface area contributed by atoms with E-state index in [2.05, 4.69) is 10.3 Å². The van der Waals surface area contributed by atoms with Crippen molar-refractivity contribution in [2.45, 2.75) is 58.9 Å². The van der Waals surface area contributed by atoms with Gasteiger partial charge in [0.15, 0.2) is 5.78 Å². The van der Waals surface area contributed by atoms with Gasteiger partial charge in [-0.2, -0.15) is 0 Å². The van der Waals surface area contributed by atoms with Crippen molar-refractivity contribution in [1.29, 1.82) is 0 Å². The normalized spacial score (nSPS) is 20.8. The molecule has 0 aromatic heterocycles. The zero-order valence-corrected chi connectivity index (χ0v) is 18.1. The second kappa shape index (κ2) is 10.6. The Labute approximate surface area is 177 Å². The van der Waals surface area contributed by atoms with E-state index in [4.69, 9.17) is 9.84 Å². The molecule has 2 aliphatic rings. The third-order valence-corrected chi connectivity index (χ3v) is 5.38. The quantitative estimate of drug-likeness (QED) is 0.406. The molecule has 0 spiro atoms. The van der Waals surface area contributed by atoms with E-state index in [-0.39, 0.29) is 22.9 Å². The number of nitrogens with one attached hydrogen (secondary N) is 1. The lowest BCUT2D eigenvalue weighted by Crippen LogP contribution is -2.51. The molecule has 0 saturated carbocycles. The Morgan fingerprint density at radius 2 is 1.90 bits per heavy atom. The van der Waals surface area contributed by atoms with Crippen LogP contribution in [0.3, 0.4) is 0 Å². The van der Waals surface area contributed by atoms with E-state index in [0.717, 1.165) is 0 Å². The number of hydrogen-bond donors (Lipinski definition) is 3. The molecule has 2 rings (SSSR count). The van der Waals surface area contributed by atoms with Crippen molar-refractivity contribution in [1.82, 2.24) is 10.2 Å². The summed E-state index contributed by atoms with van der Waals surface area (Å²) in [6.07, 6.45) is 1.22. The molecular weight excluding hydrogens is 390 g/mol. The molecule has 1 fully saturated rings. The largest absolute Gasteiger partial charge is 0.511 e. The Bertz CT molecular complexity index is 722. The molecule has 9 heteroatoms. The predicted octanol–water partition coefficient (Wildman–Crippen LogP) is 2.31. The van der Waals surface area contributed by atoms with Gasteiger partial charge in [-0.3, -0.25) is 14.6 Å². The number of allylic oxidation sites excluding steroid dienone is 2. The van der Waals surface area contributed by atoms with Crippen molar-refractivity contribution in [3.05, 3.63) is 11.3 Å². The number of aliphatic hydroxyl groups excluding tert-OH is 1. The molecule has 1 atom stereocenters. The molecule has 9 nitrogen and oxygen atoms in total. The van der Waals surface area contributed by atoms with Gasteiger partial charge in [-0.25, -0.2) is 4.79 Å². The van der Waals surface area contributed by atoms with E-state index in [1.165, 1.54) is 0 Å². The van der Waals surface area contributed by atoms with Crippen LogP contribution in [0.2, 0.25) is 0 Å². The summed E-state index contributed by atoms with van der Waals surface area (Å²) in [5, 5.41) is 21.6. The predicted molar refractivity (Wildman–Crippen MR) is 112 cm³/mol. The number of Topliss-reactive ketones (excluding diaryl/α,β-unsaturated/α-hetero) is 1. The fourth-order valence-electron chi connectivity index (χ4n) is 3.90. The number of ketones is 1. The van der Waals surface area contributed by atoms with Crippen LogP contribution in [0.15, 0.2) is 16.3 Å². The number of carboxylic acid groups (broad SMARTS) is 1. The van der Waals surface area contributed by atoms with Crippen LogP contribution in [0.5, 0.6) is 0 Å². The van der Waals surface area contributed by atoms with Gasteiger partial charge >= 0.3 is 6.09 Å². The third kappa shape index (κ3) is 6.83. The van der Waals surface area contributed by atoms with E-state index in [0.29, 0.717) is 76.2 Å². The second-order valence-corrected chi connectivity index (χ2v) is 8.67. The zero-order chi connectivity index (χ0) is 22.3. The minimum Gasteiger partial charge on any atom is -0.511 e. The number of carbonyl (C=O) groups is 3. The molecule has 0 radical (unpaired) electrons. The highest BCUT2D eigenvalue weighted by Gasteiger charge is 2.34. The Morgan fingerprint density at radius 1 is 1.23 bits per heavy atom. The first-order valence-electron chi connectivity index (χ1n) is 10.4. The van der Waals surface area contributed by atoms with Crippen molar-refractivity contribution in [3.63, 3.8) is 0 Å². The van der Waals surface area contributed by atoms with Gasteiger partial charge in [0.05, 0.1) is 18.8 Å². The molecule has 168 valence electrons. The van der Waals surface area contributed by atoms with Gasteiger partial charge in [0.1, 0.15) is 11.8 Å². The minimum atomic E-state index is -1.23. The number of unbranched alkanes of at least 4 members (excludes halogenated alkanes) is 1. The van der Waals surface area contributed by atoms with E-state index in [1.807, 2.05) is 13.8 Å². The number of rotatable bonds is 8. The van der Waals surface area contributed by atoms with Gasteiger partial charge in [-0.1, -0.05) is 13.8 Å². The SMILES string of the molecule is CC(=NCCCCC(NC(=O)O)C(=O)N1CCOCC1)C1=C(O)CC(C)(C)CC1=O. The fraction of sp³-hybridized carbons (Fsp3) is 0.714. The van der Waals surface area contributed by atoms with Gasteiger partial charge in [0.25, 0.3) is 0 Å². The zero-order valence-electron chi connectivity index (χ0n) is 18.1. The summed E-state index contributed by atoms with van der Waals surface area (Å²) in [5.74, 6) is -0.225. The summed E-state index contributed by atoms with van der Waals surface area (Å²) < 4.78 is 5.23. The molecule has 2 amide bonds. The van der Waals surface area contributed by atoms with Crippen LogP contribution in [-0.2, 0) is 14.3 Å². The topological polar surface area (TPSA) is 129 Å². The molecule has 1 unspecified atom stereocenters. The Hall–Kier alpha value is -2.42. The maximum absolute atomic E-state index is 12.6. The maximum Gasteiger partial charge on any atom is 0.405 e. The first-order chi connectivity index (χ1) is 14.1. The summed E-state index contributed by atoms with van der Waals surface area (Å²) in [6.45, 7) is 7.89. The molecule has 1 saturated heterocycles. The third-order valence-electron chi connectivity index (χ3n) is 5.38. The van der Waals surface area contributed by atoms with Gasteiger partial charge in [0.2, 0.25) is 5.91 Å². The van der Waals surface area contributed by atoms with E-state index < -0.39 is 12.1 Å². The lowest BCUT2D eigenvalue weighted by molar-refractivity contribution is -0.137. The number of ether oxygens (including phenoxy) is 1. The highest BCUT2D eigenvalue weighted by molar-refractivity contribution is 6.22. The van der Waals surface area contributed by atoms with Crippen LogP contribution in [0.4, 0.5) is 4.79 Å². The van der Waals surface area contributed by atoms with Gasteiger partial charge in [-0.05, 0) is 31.6 Å². The summed E-state index contributed by atoms with van der Waals surface area (Å²) in [6, 6.07) is -0.792. The number of aliphatic imine (C=N–C) groups is 1. The Morgan fingerprint density at radius 3 is 2.50 bits per heavy atom. The van der Waals surface area contributed by atoms with Crippen molar-refractivity contribution in [2.75, 3.05) is 32.8 Å². The molecule has 1 heterocycles. The smallest absolute Gasteiger partial charge is 0.405 e. The number of hydrogen-bond acceptors (Lipinski definition) is 6. The van der Waals surface area contributed by atoms with Crippen LogP contribution in [0.1, 0.15) is 52.9 Å². The summed E-state index contributed by atoms with van der Waals surface area (Å²) in [7, 11) is 0. The first kappa shape index (κ1) is 23.9. The summed E-state index contributed by atoms with van der Waals surface area (Å²) in [5.41, 5.74) is 0.601. The van der Waals surface area contributed by atoms with Gasteiger partial charge in [-0.15, -0.1) is 0 Å². The highest BCUT2D eigenvalue weighted by Crippen LogP contribution is 2.36. The molecule has 1 aliphatic heterocycles. The van der Waals surface area contributed by atoms with Crippen molar-refractivity contribution < 1.29 is 29.3 Å². The van der Waals surface area contributed by atoms with Crippen LogP contribution < -0.4 is 5.32 Å². The van der Waals surface area contributed by atoms with E-state index in [9.17, 15) is 19.5 Å². The number of carbonyl (C=O) groups excluding carboxylic acids is 2. The fourth-order valence-corrected chi connectivity index (χ4v) is 3.90. The second-order valence-electron chi connectivity index (χ2n) is 8.67. The molecule has 0 bridgehead atoms. The summed E-state index contributed by atoms with van der Waals surface area (Å²) in [4.78, 5) is 42.0. The van der Waals surface area contributed by atoms with Crippen LogP contribution in [0, 0.1) is 5.41 Å². The number of nitrogens with zero attached hydrogens (tertiary/aromatic N) is 2. The molecule has 1 aliphatic carbocycles. The molecule has 0 aromatic carbocycles. The standard InChI is InChI=1S/C21H33N3O6/c1-14(18-16(25)12-21(2,3)13-17(18)26)22-7-5-4-6-15(23-20(28)29)19(27)24-8-10-30-11-9-24/h15,23,25H,4-13H2,1-3H3,(H,28,29). The van der Waals surface area contributed by atoms with Crippen LogP contribution >= 0.6 is 0 Å². The molecule has 0 aromatic rings. The van der Waals surface area contributed by atoms with E-state index in [1.54, 1.807) is 11.8 Å². The van der Waals surface area contributed by atoms with Crippen molar-refractivity contribution in [3.8, 4) is 0 Å². The molecular formula is C21H33N3O6. The molecule has 30 heavy (non-hydrogen) atoms. The number of aliphatic hydroxyl groups is 1. The van der Waals surface area contributed by atoms with Crippen molar-refractivity contribution in [2.24, 2.45) is 10.4 Å². The monoisotopic (exact) mass is 423 g/mol. The van der Waals surface area contributed by atoms with Gasteiger partial charge in [0, 0.05) is 38.2 Å². The average Bonchev–Trinajstić information content (AvgIpc) is 2.65. The van der Waals surface area contributed by atoms with Crippen molar-refractivity contribution >= 4 is 23.5 Å². The van der Waals surface area contributed by atoms with Gasteiger partial charge < -0.3 is 25.2 Å². The molecule has 3 N–H and O–H groups in total. The maximum atomic E-state index is 12.6. The van der Waals surface area contributed by atoms with E-state index >= 15 is 0 Å². The summed E-state index contributed by atoms with van der Waals surface area (Å²) >= 11 is 0. The first-order valence-corrected chi connectivity index (χ1v) is 10.4. The number of amides is 2. The lowest BCUT2D eigenvalue weighted by atomic mass is 9.76. The van der Waals surface area contributed by atoms with Crippen LogP contribution in [0.25, 0.3) is 0 Å².